The number of aliphatic carboxylic acids is 1. The van der Waals surface area contributed by atoms with Gasteiger partial charge in [0.05, 0.1) is 5.56 Å². The van der Waals surface area contributed by atoms with Gasteiger partial charge < -0.3 is 14.7 Å². The van der Waals surface area contributed by atoms with Gasteiger partial charge in [0.2, 0.25) is 0 Å². The topological polar surface area (TPSA) is 79.7 Å². The fourth-order valence-electron chi connectivity index (χ4n) is 3.69. The quantitative estimate of drug-likeness (QED) is 0.344. The van der Waals surface area contributed by atoms with Gasteiger partial charge in [0, 0.05) is 30.6 Å². The number of aromatic nitrogens is 1. The Hall–Kier alpha value is -4.59. The van der Waals surface area contributed by atoms with Crippen LogP contribution < -0.4 is 4.74 Å². The molecule has 6 nitrogen and oxygen atoms in total. The molecule has 0 aliphatic carbocycles. The maximum absolute atomic E-state index is 14.0. The molecule has 1 amide bonds. The third-order valence-electron chi connectivity index (χ3n) is 5.39. The van der Waals surface area contributed by atoms with E-state index in [2.05, 4.69) is 4.98 Å². The summed E-state index contributed by atoms with van der Waals surface area (Å²) >= 11 is 0. The second-order valence-corrected chi connectivity index (χ2v) is 8.05. The van der Waals surface area contributed by atoms with Crippen molar-refractivity contribution in [2.45, 2.75) is 13.2 Å². The molecule has 36 heavy (non-hydrogen) atoms. The van der Waals surface area contributed by atoms with Gasteiger partial charge in [-0.1, -0.05) is 36.4 Å². The van der Waals surface area contributed by atoms with Gasteiger partial charge in [-0.3, -0.25) is 14.6 Å². The van der Waals surface area contributed by atoms with Crippen LogP contribution in [0.2, 0.25) is 0 Å². The Morgan fingerprint density at radius 2 is 1.69 bits per heavy atom. The van der Waals surface area contributed by atoms with Crippen LogP contribution >= 0.6 is 0 Å². The van der Waals surface area contributed by atoms with Gasteiger partial charge in [-0.05, 0) is 53.1 Å². The predicted molar refractivity (Wildman–Crippen MR) is 129 cm³/mol. The van der Waals surface area contributed by atoms with Crippen LogP contribution in [0.4, 0.5) is 8.78 Å². The van der Waals surface area contributed by atoms with Gasteiger partial charge in [0.1, 0.15) is 30.5 Å². The van der Waals surface area contributed by atoms with E-state index >= 15 is 0 Å². The van der Waals surface area contributed by atoms with Gasteiger partial charge in [-0.25, -0.2) is 8.78 Å². The number of hydrogen-bond donors (Lipinski definition) is 1. The first-order valence-corrected chi connectivity index (χ1v) is 11.1. The second kappa shape index (κ2) is 11.2. The summed E-state index contributed by atoms with van der Waals surface area (Å²) < 4.78 is 33.0. The molecule has 1 aromatic heterocycles. The molecular weight excluding hydrogens is 466 g/mol. The van der Waals surface area contributed by atoms with Crippen molar-refractivity contribution in [1.29, 1.82) is 0 Å². The summed E-state index contributed by atoms with van der Waals surface area (Å²) in [6.45, 7) is -0.116. The monoisotopic (exact) mass is 488 g/mol. The first-order valence-electron chi connectivity index (χ1n) is 11.1. The number of carbonyl (C=O) groups excluding carboxylic acids is 1. The number of benzene rings is 3. The van der Waals surface area contributed by atoms with Crippen LogP contribution in [0.3, 0.4) is 0 Å². The van der Waals surface area contributed by atoms with Gasteiger partial charge in [0.15, 0.2) is 0 Å². The van der Waals surface area contributed by atoms with Crippen LogP contribution in [0.15, 0.2) is 91.3 Å². The summed E-state index contributed by atoms with van der Waals surface area (Å²) in [5, 5.41) is 9.28. The number of hydrogen-bond acceptors (Lipinski definition) is 4. The Morgan fingerprint density at radius 1 is 0.917 bits per heavy atom. The molecule has 8 heteroatoms. The van der Waals surface area contributed by atoms with E-state index in [1.54, 1.807) is 42.5 Å². The smallest absolute Gasteiger partial charge is 0.323 e. The van der Waals surface area contributed by atoms with Crippen LogP contribution in [0, 0.1) is 11.6 Å². The Kier molecular flexibility index (Phi) is 7.65. The van der Waals surface area contributed by atoms with Crippen molar-refractivity contribution >= 4 is 11.9 Å². The van der Waals surface area contributed by atoms with Crippen molar-refractivity contribution in [3.05, 3.63) is 120 Å². The number of amides is 1. The van der Waals surface area contributed by atoms with Crippen molar-refractivity contribution < 1.29 is 28.2 Å². The van der Waals surface area contributed by atoms with Crippen LogP contribution in [-0.2, 0) is 17.9 Å². The Balaban J connectivity index is 1.42. The third kappa shape index (κ3) is 6.29. The maximum atomic E-state index is 14.0. The number of carbonyl (C=O) groups is 2. The van der Waals surface area contributed by atoms with Crippen molar-refractivity contribution in [2.75, 3.05) is 6.54 Å². The molecule has 0 spiro atoms. The standard InChI is InChI=1S/C28H22F2N2O4/c29-23-8-11-25(26(30)14-23)21-6-9-24(10-7-21)36-18-20-4-1-3-19(13-20)16-32(17-27(33)34)28(35)22-5-2-12-31-15-22/h1-15H,16-18H2,(H,33,34). The molecule has 0 aliphatic rings. The van der Waals surface area contributed by atoms with E-state index in [-0.39, 0.29) is 13.2 Å². The molecule has 3 aromatic carbocycles. The SMILES string of the molecule is O=C(O)CN(Cc1cccc(COc2ccc(-c3ccc(F)cc3F)cc2)c1)C(=O)c1cccnc1. The number of carboxylic acids is 1. The molecule has 1 heterocycles. The zero-order valence-electron chi connectivity index (χ0n) is 19.1. The molecule has 0 saturated carbocycles. The van der Waals surface area contributed by atoms with Crippen molar-refractivity contribution in [3.63, 3.8) is 0 Å². The fraction of sp³-hybridized carbons (Fsp3) is 0.107. The van der Waals surface area contributed by atoms with E-state index in [0.717, 1.165) is 17.2 Å². The molecule has 4 aromatic rings. The minimum absolute atomic E-state index is 0.103. The lowest BCUT2D eigenvalue weighted by molar-refractivity contribution is -0.137. The summed E-state index contributed by atoms with van der Waals surface area (Å²) in [6, 6.07) is 20.7. The van der Waals surface area contributed by atoms with Gasteiger partial charge in [-0.2, -0.15) is 0 Å². The summed E-state index contributed by atoms with van der Waals surface area (Å²) in [6.07, 6.45) is 2.94. The van der Waals surface area contributed by atoms with E-state index in [9.17, 15) is 23.5 Å². The number of rotatable bonds is 9. The number of nitrogens with zero attached hydrogens (tertiary/aromatic N) is 2. The molecule has 0 saturated heterocycles. The average molecular weight is 488 g/mol. The van der Waals surface area contributed by atoms with Crippen LogP contribution in [0.5, 0.6) is 5.75 Å². The van der Waals surface area contributed by atoms with Crippen molar-refractivity contribution in [1.82, 2.24) is 9.88 Å². The normalized spacial score (nSPS) is 10.6. The highest BCUT2D eigenvalue weighted by Crippen LogP contribution is 2.26. The number of halogens is 2. The minimum Gasteiger partial charge on any atom is -0.489 e. The highest BCUT2D eigenvalue weighted by atomic mass is 19.1. The van der Waals surface area contributed by atoms with E-state index < -0.39 is 30.1 Å². The molecule has 0 unspecified atom stereocenters. The Labute approximate surface area is 206 Å². The van der Waals surface area contributed by atoms with E-state index in [4.69, 9.17) is 4.74 Å². The molecule has 4 rings (SSSR count). The van der Waals surface area contributed by atoms with Gasteiger partial charge in [-0.15, -0.1) is 0 Å². The molecule has 0 bridgehead atoms. The molecule has 0 radical (unpaired) electrons. The zero-order chi connectivity index (χ0) is 25.5. The van der Waals surface area contributed by atoms with Gasteiger partial charge in [0.25, 0.3) is 5.91 Å². The molecule has 0 aliphatic heterocycles. The van der Waals surface area contributed by atoms with E-state index in [1.165, 1.54) is 29.4 Å². The van der Waals surface area contributed by atoms with E-state index in [0.29, 0.717) is 22.4 Å². The van der Waals surface area contributed by atoms with E-state index in [1.807, 2.05) is 18.2 Å². The van der Waals surface area contributed by atoms with Crippen molar-refractivity contribution in [2.24, 2.45) is 0 Å². The number of pyridine rings is 1. The lowest BCUT2D eigenvalue weighted by Crippen LogP contribution is -2.35. The Morgan fingerprint density at radius 3 is 2.39 bits per heavy atom. The zero-order valence-corrected chi connectivity index (χ0v) is 19.1. The largest absolute Gasteiger partial charge is 0.489 e. The van der Waals surface area contributed by atoms with Crippen LogP contribution in [0.25, 0.3) is 11.1 Å². The molecule has 0 atom stereocenters. The molecular formula is C28H22F2N2O4. The average Bonchev–Trinajstić information content (AvgIpc) is 2.88. The molecule has 0 fully saturated rings. The Bertz CT molecular complexity index is 1360. The van der Waals surface area contributed by atoms with Crippen molar-refractivity contribution in [3.8, 4) is 16.9 Å². The maximum Gasteiger partial charge on any atom is 0.323 e. The minimum atomic E-state index is -1.12. The van der Waals surface area contributed by atoms with Gasteiger partial charge >= 0.3 is 5.97 Å². The first kappa shape index (κ1) is 24.5. The lowest BCUT2D eigenvalue weighted by atomic mass is 10.1. The summed E-state index contributed by atoms with van der Waals surface area (Å²) in [5.41, 5.74) is 2.77. The fourth-order valence-corrected chi connectivity index (χ4v) is 3.69. The first-order chi connectivity index (χ1) is 17.4. The number of carboxylic acid groups (broad SMARTS) is 1. The molecule has 1 N–H and O–H groups in total. The van der Waals surface area contributed by atoms with Crippen LogP contribution in [-0.4, -0.2) is 33.4 Å². The summed E-state index contributed by atoms with van der Waals surface area (Å²) in [5.74, 6) is -2.25. The number of ether oxygens (including phenoxy) is 1. The lowest BCUT2D eigenvalue weighted by Gasteiger charge is -2.21. The third-order valence-corrected chi connectivity index (χ3v) is 5.39. The second-order valence-electron chi connectivity index (χ2n) is 8.05. The predicted octanol–water partition coefficient (Wildman–Crippen LogP) is 5.33. The highest BCUT2D eigenvalue weighted by molar-refractivity contribution is 5.95. The summed E-state index contributed by atoms with van der Waals surface area (Å²) in [4.78, 5) is 29.3. The molecule has 182 valence electrons. The highest BCUT2D eigenvalue weighted by Gasteiger charge is 2.19. The summed E-state index contributed by atoms with van der Waals surface area (Å²) in [7, 11) is 0. The van der Waals surface area contributed by atoms with Crippen LogP contribution in [0.1, 0.15) is 21.5 Å².